The minimum absolute atomic E-state index is 0.700. The summed E-state index contributed by atoms with van der Waals surface area (Å²) in [7, 11) is 0. The lowest BCUT2D eigenvalue weighted by molar-refractivity contribution is 1.18. The molecule has 0 N–H and O–H groups in total. The molecule has 3 heteroatoms. The number of rotatable bonds is 6. The molecule has 0 unspecified atom stereocenters. The predicted octanol–water partition coefficient (Wildman–Crippen LogP) is 14.0. The fourth-order valence-electron chi connectivity index (χ4n) is 7.43. The lowest BCUT2D eigenvalue weighted by atomic mass is 9.93. The molecular formula is C50H32N2S. The third-order valence-corrected chi connectivity index (χ3v) is 11.2. The summed E-state index contributed by atoms with van der Waals surface area (Å²) in [5.41, 5.74) is 11.8. The smallest absolute Gasteiger partial charge is 0.160 e. The third kappa shape index (κ3) is 5.87. The van der Waals surface area contributed by atoms with E-state index in [2.05, 4.69) is 176 Å². The van der Waals surface area contributed by atoms with E-state index in [1.807, 2.05) is 29.5 Å². The van der Waals surface area contributed by atoms with Crippen LogP contribution in [0.15, 0.2) is 194 Å². The van der Waals surface area contributed by atoms with Crippen molar-refractivity contribution in [2.24, 2.45) is 0 Å². The van der Waals surface area contributed by atoms with Crippen molar-refractivity contribution in [3.05, 3.63) is 194 Å². The van der Waals surface area contributed by atoms with E-state index in [0.717, 1.165) is 50.3 Å². The molecule has 0 bridgehead atoms. The van der Waals surface area contributed by atoms with E-state index < -0.39 is 0 Å². The van der Waals surface area contributed by atoms with Gasteiger partial charge in [-0.3, -0.25) is 0 Å². The quantitative estimate of drug-likeness (QED) is 0.173. The van der Waals surface area contributed by atoms with Crippen LogP contribution in [0, 0.1) is 0 Å². The van der Waals surface area contributed by atoms with Gasteiger partial charge in [-0.25, -0.2) is 9.97 Å². The van der Waals surface area contributed by atoms with Gasteiger partial charge in [0.15, 0.2) is 5.82 Å². The van der Waals surface area contributed by atoms with Gasteiger partial charge in [0.05, 0.1) is 11.4 Å². The van der Waals surface area contributed by atoms with Crippen LogP contribution in [0.3, 0.4) is 0 Å². The maximum atomic E-state index is 5.26. The second kappa shape index (κ2) is 13.1. The van der Waals surface area contributed by atoms with Crippen LogP contribution in [0.5, 0.6) is 0 Å². The average molecular weight is 693 g/mol. The molecule has 0 atom stereocenters. The molecular weight excluding hydrogens is 661 g/mol. The van der Waals surface area contributed by atoms with Crippen LogP contribution in [-0.2, 0) is 0 Å². The van der Waals surface area contributed by atoms with Gasteiger partial charge in [-0.15, -0.1) is 11.3 Å². The van der Waals surface area contributed by atoms with Crippen molar-refractivity contribution in [2.45, 2.75) is 0 Å². The fraction of sp³-hybridized carbons (Fsp3) is 0. The molecule has 10 aromatic rings. The molecule has 10 rings (SSSR count). The van der Waals surface area contributed by atoms with Gasteiger partial charge < -0.3 is 0 Å². The Morgan fingerprint density at radius 1 is 0.302 bits per heavy atom. The van der Waals surface area contributed by atoms with Crippen molar-refractivity contribution < 1.29 is 0 Å². The number of nitrogens with zero attached hydrogens (tertiary/aromatic N) is 2. The summed E-state index contributed by atoms with van der Waals surface area (Å²) in [6, 6.07) is 69.3. The van der Waals surface area contributed by atoms with Crippen LogP contribution in [0.2, 0.25) is 0 Å². The number of thiophene rings is 1. The highest BCUT2D eigenvalue weighted by Gasteiger charge is 2.15. The van der Waals surface area contributed by atoms with Gasteiger partial charge in [0.2, 0.25) is 0 Å². The molecule has 0 saturated heterocycles. The summed E-state index contributed by atoms with van der Waals surface area (Å²) in [5, 5.41) is 5.05. The molecule has 0 aliphatic carbocycles. The Balaban J connectivity index is 1.17. The van der Waals surface area contributed by atoms with Gasteiger partial charge in [-0.1, -0.05) is 146 Å². The summed E-state index contributed by atoms with van der Waals surface area (Å²) in [4.78, 5) is 10.5. The van der Waals surface area contributed by atoms with Crippen molar-refractivity contribution >= 4 is 42.3 Å². The molecule has 2 heterocycles. The Kier molecular flexibility index (Phi) is 7.71. The zero-order valence-electron chi connectivity index (χ0n) is 28.8. The lowest BCUT2D eigenvalue weighted by Crippen LogP contribution is -1.97. The number of hydrogen-bond donors (Lipinski definition) is 0. The Morgan fingerprint density at radius 2 is 0.868 bits per heavy atom. The molecule has 2 aromatic heterocycles. The maximum Gasteiger partial charge on any atom is 0.160 e. The SMILES string of the molecule is c1ccc(-c2cc(-c3ccc4sc5ccccc5c4c3)cc(-c3cc(-c4cccc(-c5cccc6ccccc56)c4)nc(-c4ccccc4)n3)c2)cc1. The van der Waals surface area contributed by atoms with Crippen molar-refractivity contribution in [2.75, 3.05) is 0 Å². The van der Waals surface area contributed by atoms with Gasteiger partial charge >= 0.3 is 0 Å². The van der Waals surface area contributed by atoms with Gasteiger partial charge in [0, 0.05) is 36.9 Å². The number of aromatic nitrogens is 2. The minimum Gasteiger partial charge on any atom is -0.228 e. The maximum absolute atomic E-state index is 5.26. The molecule has 0 aliphatic heterocycles. The fourth-order valence-corrected chi connectivity index (χ4v) is 8.51. The van der Waals surface area contributed by atoms with E-state index >= 15 is 0 Å². The van der Waals surface area contributed by atoms with Crippen molar-refractivity contribution in [1.82, 2.24) is 9.97 Å². The molecule has 248 valence electrons. The molecule has 0 fully saturated rings. The molecule has 2 nitrogen and oxygen atoms in total. The Bertz CT molecular complexity index is 2940. The zero-order chi connectivity index (χ0) is 35.1. The molecule has 0 amide bonds. The van der Waals surface area contributed by atoms with E-state index in [4.69, 9.17) is 9.97 Å². The topological polar surface area (TPSA) is 25.8 Å². The number of hydrogen-bond acceptors (Lipinski definition) is 3. The summed E-state index contributed by atoms with van der Waals surface area (Å²) in [6.45, 7) is 0. The second-order valence-electron chi connectivity index (χ2n) is 13.4. The van der Waals surface area contributed by atoms with Gasteiger partial charge in [-0.2, -0.15) is 0 Å². The Morgan fingerprint density at radius 3 is 1.70 bits per heavy atom. The minimum atomic E-state index is 0.700. The highest BCUT2D eigenvalue weighted by atomic mass is 32.1. The summed E-state index contributed by atoms with van der Waals surface area (Å²) >= 11 is 1.85. The number of benzene rings is 8. The van der Waals surface area contributed by atoms with E-state index in [9.17, 15) is 0 Å². The van der Waals surface area contributed by atoms with E-state index in [-0.39, 0.29) is 0 Å². The van der Waals surface area contributed by atoms with Gasteiger partial charge in [0.25, 0.3) is 0 Å². The van der Waals surface area contributed by atoms with Crippen molar-refractivity contribution in [3.63, 3.8) is 0 Å². The van der Waals surface area contributed by atoms with E-state index in [0.29, 0.717) is 5.82 Å². The van der Waals surface area contributed by atoms with E-state index in [1.54, 1.807) is 0 Å². The van der Waals surface area contributed by atoms with Crippen LogP contribution in [0.25, 0.3) is 98.2 Å². The van der Waals surface area contributed by atoms with Crippen molar-refractivity contribution in [1.29, 1.82) is 0 Å². The Hall–Kier alpha value is -6.68. The molecule has 8 aromatic carbocycles. The van der Waals surface area contributed by atoms with Gasteiger partial charge in [0.1, 0.15) is 0 Å². The van der Waals surface area contributed by atoms with Crippen molar-refractivity contribution in [3.8, 4) is 67.3 Å². The molecule has 0 spiro atoms. The first-order valence-electron chi connectivity index (χ1n) is 17.9. The third-order valence-electron chi connectivity index (χ3n) is 10.1. The first-order valence-corrected chi connectivity index (χ1v) is 18.7. The summed E-state index contributed by atoms with van der Waals surface area (Å²) in [6.07, 6.45) is 0. The highest BCUT2D eigenvalue weighted by molar-refractivity contribution is 7.25. The predicted molar refractivity (Wildman–Crippen MR) is 225 cm³/mol. The molecule has 53 heavy (non-hydrogen) atoms. The van der Waals surface area contributed by atoms with Crippen LogP contribution < -0.4 is 0 Å². The lowest BCUT2D eigenvalue weighted by Gasteiger charge is -2.14. The standard InChI is InChI=1S/C50H32N2S/c1-3-13-33(14-4-1)39-28-40(36-25-26-49-45(31-36)44-22-9-10-24-48(44)53-49)30-41(29-39)47-32-46(51-50(52-47)35-16-5-2-6-17-35)38-20-11-19-37(27-38)43-23-12-18-34-15-7-8-21-42(34)43/h1-32H. The molecule has 0 radical (unpaired) electrons. The molecule has 0 aliphatic rings. The van der Waals surface area contributed by atoms with Crippen LogP contribution in [0.1, 0.15) is 0 Å². The first-order chi connectivity index (χ1) is 26.2. The highest BCUT2D eigenvalue weighted by Crippen LogP contribution is 2.39. The molecule has 0 saturated carbocycles. The van der Waals surface area contributed by atoms with Gasteiger partial charge in [-0.05, 0) is 92.7 Å². The zero-order valence-corrected chi connectivity index (χ0v) is 29.6. The second-order valence-corrected chi connectivity index (χ2v) is 14.5. The van der Waals surface area contributed by atoms with Crippen LogP contribution in [-0.4, -0.2) is 9.97 Å². The monoisotopic (exact) mass is 692 g/mol. The van der Waals surface area contributed by atoms with Crippen LogP contribution in [0.4, 0.5) is 0 Å². The van der Waals surface area contributed by atoms with E-state index in [1.165, 1.54) is 42.1 Å². The largest absolute Gasteiger partial charge is 0.228 e. The first kappa shape index (κ1) is 31.1. The average Bonchev–Trinajstić information content (AvgIpc) is 3.62. The van der Waals surface area contributed by atoms with Crippen LogP contribution >= 0.6 is 11.3 Å². The summed E-state index contributed by atoms with van der Waals surface area (Å²) < 4.78 is 2.61. The Labute approximate surface area is 312 Å². The summed E-state index contributed by atoms with van der Waals surface area (Å²) in [5.74, 6) is 0.700. The number of fused-ring (bicyclic) bond motifs is 4. The normalized spacial score (nSPS) is 11.4.